The molecule has 1 aromatic heterocycles. The first-order valence-electron chi connectivity index (χ1n) is 3.96. The summed E-state index contributed by atoms with van der Waals surface area (Å²) in [5.74, 6) is 0.927. The fraction of sp³-hybridized carbons (Fsp3) is 0.556. The van der Waals surface area contributed by atoms with Crippen LogP contribution in [-0.4, -0.2) is 16.1 Å². The van der Waals surface area contributed by atoms with Gasteiger partial charge in [-0.2, -0.15) is 0 Å². The SMILES string of the molecule is CC(=O)C(C)Cl.Cc1ncoc1C. The molecule has 0 radical (unpaired) electrons. The third-order valence-corrected chi connectivity index (χ3v) is 1.85. The standard InChI is InChI=1S/C5H7NO.C4H7ClO/c1-4-5(2)7-3-6-4;1-3(5)4(2)6/h3H,1-2H3;3H,1-2H3. The molecule has 74 valence electrons. The van der Waals surface area contributed by atoms with E-state index >= 15 is 0 Å². The van der Waals surface area contributed by atoms with Gasteiger partial charge < -0.3 is 4.42 Å². The second-order valence-corrected chi connectivity index (χ2v) is 3.38. The van der Waals surface area contributed by atoms with Crippen LogP contribution in [0.2, 0.25) is 0 Å². The minimum Gasteiger partial charge on any atom is -0.449 e. The second kappa shape index (κ2) is 5.75. The van der Waals surface area contributed by atoms with Crippen LogP contribution in [0.4, 0.5) is 0 Å². The molecule has 0 saturated carbocycles. The molecule has 13 heavy (non-hydrogen) atoms. The fourth-order valence-corrected chi connectivity index (χ4v) is 0.361. The van der Waals surface area contributed by atoms with E-state index in [1.807, 2.05) is 13.8 Å². The molecule has 0 amide bonds. The van der Waals surface area contributed by atoms with E-state index in [1.165, 1.54) is 13.3 Å². The predicted molar refractivity (Wildman–Crippen MR) is 52.0 cm³/mol. The van der Waals surface area contributed by atoms with Crippen LogP contribution in [0.5, 0.6) is 0 Å². The van der Waals surface area contributed by atoms with Gasteiger partial charge >= 0.3 is 0 Å². The second-order valence-electron chi connectivity index (χ2n) is 2.72. The molecule has 0 aliphatic carbocycles. The Morgan fingerprint density at radius 2 is 2.08 bits per heavy atom. The van der Waals surface area contributed by atoms with E-state index in [0.29, 0.717) is 0 Å². The third-order valence-electron chi connectivity index (χ3n) is 1.55. The van der Waals surface area contributed by atoms with Gasteiger partial charge in [0.1, 0.15) is 11.5 Å². The van der Waals surface area contributed by atoms with E-state index in [-0.39, 0.29) is 11.2 Å². The van der Waals surface area contributed by atoms with Crippen molar-refractivity contribution in [1.82, 2.24) is 4.98 Å². The molecular formula is C9H14ClNO2. The Balaban J connectivity index is 0.000000226. The largest absolute Gasteiger partial charge is 0.449 e. The number of halogens is 1. The van der Waals surface area contributed by atoms with Crippen molar-refractivity contribution >= 4 is 17.4 Å². The number of carbonyl (C=O) groups is 1. The lowest BCUT2D eigenvalue weighted by Crippen LogP contribution is -2.02. The van der Waals surface area contributed by atoms with Crippen LogP contribution in [0.15, 0.2) is 10.8 Å². The summed E-state index contributed by atoms with van der Waals surface area (Å²) < 4.78 is 4.85. The number of Topliss-reactive ketones (excluding diaryl/α,β-unsaturated/α-hetero) is 1. The van der Waals surface area contributed by atoms with Crippen molar-refractivity contribution in [3.05, 3.63) is 17.8 Å². The third kappa shape index (κ3) is 5.42. The van der Waals surface area contributed by atoms with Gasteiger partial charge in [-0.3, -0.25) is 4.79 Å². The summed E-state index contributed by atoms with van der Waals surface area (Å²) in [6.45, 7) is 6.93. The monoisotopic (exact) mass is 203 g/mol. The molecule has 0 N–H and O–H groups in total. The van der Waals surface area contributed by atoms with E-state index in [9.17, 15) is 4.79 Å². The van der Waals surface area contributed by atoms with Crippen molar-refractivity contribution in [3.63, 3.8) is 0 Å². The number of nitrogens with zero attached hydrogens (tertiary/aromatic N) is 1. The van der Waals surface area contributed by atoms with Crippen LogP contribution in [0.1, 0.15) is 25.3 Å². The molecule has 0 bridgehead atoms. The zero-order chi connectivity index (χ0) is 10.4. The Morgan fingerprint density at radius 3 is 2.15 bits per heavy atom. The normalized spacial score (nSPS) is 11.5. The highest BCUT2D eigenvalue weighted by molar-refractivity contribution is 6.30. The average Bonchev–Trinajstić information content (AvgIpc) is 2.37. The van der Waals surface area contributed by atoms with Crippen LogP contribution >= 0.6 is 11.6 Å². The van der Waals surface area contributed by atoms with E-state index in [4.69, 9.17) is 16.0 Å². The summed E-state index contributed by atoms with van der Waals surface area (Å²) in [5, 5.41) is -0.315. The molecule has 0 aliphatic heterocycles. The summed E-state index contributed by atoms with van der Waals surface area (Å²) in [7, 11) is 0. The number of hydrogen-bond donors (Lipinski definition) is 0. The van der Waals surface area contributed by atoms with Gasteiger partial charge in [-0.15, -0.1) is 11.6 Å². The van der Waals surface area contributed by atoms with Gasteiger partial charge in [-0.1, -0.05) is 0 Å². The molecule has 0 saturated heterocycles. The topological polar surface area (TPSA) is 43.1 Å². The molecule has 1 atom stereocenters. The quantitative estimate of drug-likeness (QED) is 0.659. The number of hydrogen-bond acceptors (Lipinski definition) is 3. The van der Waals surface area contributed by atoms with Crippen molar-refractivity contribution in [2.45, 2.75) is 33.1 Å². The smallest absolute Gasteiger partial charge is 0.181 e. The lowest BCUT2D eigenvalue weighted by Gasteiger charge is -1.88. The molecule has 1 rings (SSSR count). The van der Waals surface area contributed by atoms with Crippen molar-refractivity contribution in [2.75, 3.05) is 0 Å². The minimum atomic E-state index is -0.315. The van der Waals surface area contributed by atoms with E-state index in [0.717, 1.165) is 11.5 Å². The number of aromatic nitrogens is 1. The Bertz CT molecular complexity index is 252. The number of ketones is 1. The average molecular weight is 204 g/mol. The van der Waals surface area contributed by atoms with Gasteiger partial charge in [0.2, 0.25) is 0 Å². The minimum absolute atomic E-state index is 0.0247. The predicted octanol–water partition coefficient (Wildman–Crippen LogP) is 2.49. The summed E-state index contributed by atoms with van der Waals surface area (Å²) in [5.41, 5.74) is 0.972. The van der Waals surface area contributed by atoms with Gasteiger partial charge in [0.25, 0.3) is 0 Å². The first-order chi connectivity index (χ1) is 5.95. The number of oxazole rings is 1. The lowest BCUT2D eigenvalue weighted by atomic mass is 10.3. The van der Waals surface area contributed by atoms with E-state index < -0.39 is 0 Å². The maximum Gasteiger partial charge on any atom is 0.181 e. The van der Waals surface area contributed by atoms with Gasteiger partial charge in [0, 0.05) is 0 Å². The molecular weight excluding hydrogens is 190 g/mol. The molecule has 1 heterocycles. The van der Waals surface area contributed by atoms with Gasteiger partial charge in [0.15, 0.2) is 6.39 Å². The fourth-order valence-electron chi connectivity index (χ4n) is 0.361. The summed E-state index contributed by atoms with van der Waals surface area (Å²) in [4.78, 5) is 13.9. The van der Waals surface area contributed by atoms with Crippen LogP contribution in [-0.2, 0) is 4.79 Å². The van der Waals surface area contributed by atoms with E-state index in [1.54, 1.807) is 6.92 Å². The van der Waals surface area contributed by atoms with Crippen molar-refractivity contribution < 1.29 is 9.21 Å². The number of aryl methyl sites for hydroxylation is 2. The highest BCUT2D eigenvalue weighted by Crippen LogP contribution is 1.99. The summed E-state index contributed by atoms with van der Waals surface area (Å²) >= 11 is 5.26. The molecule has 0 aromatic carbocycles. The molecule has 1 unspecified atom stereocenters. The molecule has 0 spiro atoms. The Labute approximate surface area is 83.1 Å². The molecule has 3 nitrogen and oxygen atoms in total. The van der Waals surface area contributed by atoms with Gasteiger partial charge in [0.05, 0.1) is 11.1 Å². The summed E-state index contributed by atoms with van der Waals surface area (Å²) in [6, 6.07) is 0. The van der Waals surface area contributed by atoms with Crippen molar-refractivity contribution in [3.8, 4) is 0 Å². The zero-order valence-corrected chi connectivity index (χ0v) is 9.05. The Morgan fingerprint density at radius 1 is 1.62 bits per heavy atom. The number of carbonyl (C=O) groups excluding carboxylic acids is 1. The Hall–Kier alpha value is -0.830. The van der Waals surface area contributed by atoms with Crippen LogP contribution in [0.3, 0.4) is 0 Å². The highest BCUT2D eigenvalue weighted by Gasteiger charge is 1.98. The molecule has 1 aromatic rings. The van der Waals surface area contributed by atoms with E-state index in [2.05, 4.69) is 4.98 Å². The maximum absolute atomic E-state index is 10.0. The van der Waals surface area contributed by atoms with Crippen molar-refractivity contribution in [2.24, 2.45) is 0 Å². The first-order valence-corrected chi connectivity index (χ1v) is 4.40. The zero-order valence-electron chi connectivity index (χ0n) is 8.30. The van der Waals surface area contributed by atoms with Crippen molar-refractivity contribution in [1.29, 1.82) is 0 Å². The van der Waals surface area contributed by atoms with Crippen LogP contribution < -0.4 is 0 Å². The molecule has 4 heteroatoms. The van der Waals surface area contributed by atoms with Gasteiger partial charge in [-0.05, 0) is 27.7 Å². The molecule has 0 fully saturated rings. The van der Waals surface area contributed by atoms with Crippen LogP contribution in [0, 0.1) is 13.8 Å². The highest BCUT2D eigenvalue weighted by atomic mass is 35.5. The summed E-state index contributed by atoms with van der Waals surface area (Å²) in [6.07, 6.45) is 1.45. The van der Waals surface area contributed by atoms with Gasteiger partial charge in [-0.25, -0.2) is 4.98 Å². The lowest BCUT2D eigenvalue weighted by molar-refractivity contribution is -0.116. The Kier molecular flexibility index (Phi) is 5.39. The number of rotatable bonds is 1. The first kappa shape index (κ1) is 12.2. The maximum atomic E-state index is 10.0. The van der Waals surface area contributed by atoms with Crippen LogP contribution in [0.25, 0.3) is 0 Å². The number of alkyl halides is 1. The molecule has 0 aliphatic rings.